The highest BCUT2D eigenvalue weighted by Gasteiger charge is 2.20. The Morgan fingerprint density at radius 3 is 2.43 bits per heavy atom. The molecule has 0 bridgehead atoms. The molecule has 0 aromatic heterocycles. The minimum Gasteiger partial charge on any atom is -0.496 e. The van der Waals surface area contributed by atoms with Crippen LogP contribution in [-0.2, 0) is 6.61 Å². The van der Waals surface area contributed by atoms with E-state index in [0.29, 0.717) is 5.75 Å². The molecule has 2 aromatic carbocycles. The second-order valence-corrected chi connectivity index (χ2v) is 4.56. The number of aliphatic hydroxyl groups excluding tert-OH is 1. The number of nitrogens with two attached hydrogens (primary N) is 1. The quantitative estimate of drug-likeness (QED) is 0.858. The van der Waals surface area contributed by atoms with Gasteiger partial charge in [-0.2, -0.15) is 0 Å². The van der Waals surface area contributed by atoms with E-state index in [4.69, 9.17) is 20.3 Å². The molecular formula is C16H18FNO3. The molecule has 2 aromatic rings. The molecule has 0 aliphatic heterocycles. The van der Waals surface area contributed by atoms with Crippen LogP contribution in [0.2, 0.25) is 0 Å². The van der Waals surface area contributed by atoms with Crippen molar-refractivity contribution in [1.82, 2.24) is 0 Å². The highest BCUT2D eigenvalue weighted by molar-refractivity contribution is 5.44. The number of hydrogen-bond donors (Lipinski definition) is 2. The highest BCUT2D eigenvalue weighted by atomic mass is 19.1. The van der Waals surface area contributed by atoms with Gasteiger partial charge in [0.1, 0.15) is 12.4 Å². The molecule has 0 amide bonds. The fourth-order valence-corrected chi connectivity index (χ4v) is 2.02. The fourth-order valence-electron chi connectivity index (χ4n) is 2.02. The van der Waals surface area contributed by atoms with Crippen molar-refractivity contribution >= 4 is 0 Å². The Labute approximate surface area is 122 Å². The third kappa shape index (κ3) is 3.51. The zero-order chi connectivity index (χ0) is 15.2. The van der Waals surface area contributed by atoms with Crippen LogP contribution in [-0.4, -0.2) is 18.8 Å². The molecule has 3 N–H and O–H groups in total. The summed E-state index contributed by atoms with van der Waals surface area (Å²) in [5.41, 5.74) is 6.77. The third-order valence-electron chi connectivity index (χ3n) is 3.13. The first-order chi connectivity index (χ1) is 10.2. The van der Waals surface area contributed by atoms with E-state index in [-0.39, 0.29) is 24.5 Å². The summed E-state index contributed by atoms with van der Waals surface area (Å²) in [5, 5.41) is 9.14. The number of halogens is 1. The fraction of sp³-hybridized carbons (Fsp3) is 0.250. The molecule has 0 aliphatic rings. The van der Waals surface area contributed by atoms with Crippen molar-refractivity contribution in [1.29, 1.82) is 0 Å². The first-order valence-electron chi connectivity index (χ1n) is 6.57. The molecule has 0 saturated carbocycles. The van der Waals surface area contributed by atoms with E-state index in [2.05, 4.69) is 0 Å². The van der Waals surface area contributed by atoms with Gasteiger partial charge in [0.15, 0.2) is 11.6 Å². The van der Waals surface area contributed by atoms with Crippen molar-refractivity contribution in [3.05, 3.63) is 59.4 Å². The van der Waals surface area contributed by atoms with Gasteiger partial charge in [-0.25, -0.2) is 4.39 Å². The highest BCUT2D eigenvalue weighted by Crippen LogP contribution is 2.33. The normalized spacial score (nSPS) is 12.0. The number of rotatable bonds is 6. The van der Waals surface area contributed by atoms with Crippen LogP contribution in [0.15, 0.2) is 42.5 Å². The summed E-state index contributed by atoms with van der Waals surface area (Å²) < 4.78 is 25.0. The molecule has 112 valence electrons. The topological polar surface area (TPSA) is 64.7 Å². The van der Waals surface area contributed by atoms with E-state index < -0.39 is 11.9 Å². The smallest absolute Gasteiger partial charge is 0.173 e. The minimum absolute atomic E-state index is 0.0820. The van der Waals surface area contributed by atoms with Crippen LogP contribution in [0.25, 0.3) is 0 Å². The van der Waals surface area contributed by atoms with E-state index in [9.17, 15) is 4.39 Å². The summed E-state index contributed by atoms with van der Waals surface area (Å²) in [6.07, 6.45) is 0. The largest absolute Gasteiger partial charge is 0.496 e. The minimum atomic E-state index is -0.861. The SMILES string of the molecule is COc1ccc(OCc2ccccc2)c(F)c1C(N)CO. The van der Waals surface area contributed by atoms with Crippen LogP contribution in [0.4, 0.5) is 4.39 Å². The van der Waals surface area contributed by atoms with Gasteiger partial charge in [-0.1, -0.05) is 30.3 Å². The Kier molecular flexibility index (Phi) is 5.14. The lowest BCUT2D eigenvalue weighted by atomic mass is 10.1. The molecule has 2 rings (SSSR count). The maximum atomic E-state index is 14.5. The van der Waals surface area contributed by atoms with Gasteiger partial charge in [0.05, 0.1) is 25.3 Å². The average Bonchev–Trinajstić information content (AvgIpc) is 2.53. The van der Waals surface area contributed by atoms with Crippen LogP contribution < -0.4 is 15.2 Å². The number of hydrogen-bond acceptors (Lipinski definition) is 4. The predicted octanol–water partition coefficient (Wildman–Crippen LogP) is 2.41. The summed E-state index contributed by atoms with van der Waals surface area (Å²) in [7, 11) is 1.42. The summed E-state index contributed by atoms with van der Waals surface area (Å²) in [4.78, 5) is 0. The Hall–Kier alpha value is -2.11. The summed E-state index contributed by atoms with van der Waals surface area (Å²) in [6.45, 7) is -0.132. The van der Waals surface area contributed by atoms with Gasteiger partial charge in [0.25, 0.3) is 0 Å². The second kappa shape index (κ2) is 7.06. The van der Waals surface area contributed by atoms with E-state index >= 15 is 0 Å². The Bertz CT molecular complexity index is 590. The van der Waals surface area contributed by atoms with Crippen molar-refractivity contribution < 1.29 is 19.0 Å². The molecular weight excluding hydrogens is 273 g/mol. The van der Waals surface area contributed by atoms with Crippen LogP contribution in [0.3, 0.4) is 0 Å². The molecule has 1 unspecified atom stereocenters. The molecule has 0 heterocycles. The van der Waals surface area contributed by atoms with Crippen molar-refractivity contribution in [2.24, 2.45) is 5.73 Å². The van der Waals surface area contributed by atoms with Crippen LogP contribution in [0, 0.1) is 5.82 Å². The predicted molar refractivity (Wildman–Crippen MR) is 77.7 cm³/mol. The van der Waals surface area contributed by atoms with E-state index in [0.717, 1.165) is 5.56 Å². The molecule has 0 saturated heterocycles. The third-order valence-corrected chi connectivity index (χ3v) is 3.13. The lowest BCUT2D eigenvalue weighted by molar-refractivity contribution is 0.255. The maximum Gasteiger partial charge on any atom is 0.173 e. The molecule has 4 nitrogen and oxygen atoms in total. The lowest BCUT2D eigenvalue weighted by Crippen LogP contribution is -2.18. The van der Waals surface area contributed by atoms with Crippen molar-refractivity contribution in [3.8, 4) is 11.5 Å². The summed E-state index contributed by atoms with van der Waals surface area (Å²) >= 11 is 0. The zero-order valence-corrected chi connectivity index (χ0v) is 11.8. The number of methoxy groups -OCH3 is 1. The molecule has 0 fully saturated rings. The van der Waals surface area contributed by atoms with Gasteiger partial charge in [0, 0.05) is 0 Å². The first kappa shape index (κ1) is 15.3. The van der Waals surface area contributed by atoms with Gasteiger partial charge < -0.3 is 20.3 Å². The van der Waals surface area contributed by atoms with Gasteiger partial charge in [-0.15, -0.1) is 0 Å². The average molecular weight is 291 g/mol. The number of ether oxygens (including phenoxy) is 2. The lowest BCUT2D eigenvalue weighted by Gasteiger charge is -2.17. The molecule has 1 atom stereocenters. The summed E-state index contributed by atoms with van der Waals surface area (Å²) in [6, 6.07) is 11.7. The first-order valence-corrected chi connectivity index (χ1v) is 6.57. The van der Waals surface area contributed by atoms with Gasteiger partial charge >= 0.3 is 0 Å². The van der Waals surface area contributed by atoms with E-state index in [1.807, 2.05) is 30.3 Å². The number of benzene rings is 2. The molecule has 0 radical (unpaired) electrons. The maximum absolute atomic E-state index is 14.5. The molecule has 21 heavy (non-hydrogen) atoms. The monoisotopic (exact) mass is 291 g/mol. The standard InChI is InChI=1S/C16H18FNO3/c1-20-13-7-8-14(16(17)15(13)12(18)9-19)21-10-11-5-3-2-4-6-11/h2-8,12,19H,9-10,18H2,1H3. The molecule has 5 heteroatoms. The number of aliphatic hydroxyl groups is 1. The Balaban J connectivity index is 2.24. The Morgan fingerprint density at radius 2 is 1.81 bits per heavy atom. The van der Waals surface area contributed by atoms with E-state index in [1.165, 1.54) is 13.2 Å². The van der Waals surface area contributed by atoms with Crippen LogP contribution >= 0.6 is 0 Å². The van der Waals surface area contributed by atoms with Crippen LogP contribution in [0.1, 0.15) is 17.2 Å². The van der Waals surface area contributed by atoms with E-state index in [1.54, 1.807) is 6.07 Å². The second-order valence-electron chi connectivity index (χ2n) is 4.56. The summed E-state index contributed by atoms with van der Waals surface area (Å²) in [5.74, 6) is -0.230. The van der Waals surface area contributed by atoms with Gasteiger partial charge in [-0.3, -0.25) is 0 Å². The molecule has 0 aliphatic carbocycles. The molecule has 0 spiro atoms. The zero-order valence-electron chi connectivity index (χ0n) is 11.8. The Morgan fingerprint density at radius 1 is 1.14 bits per heavy atom. The van der Waals surface area contributed by atoms with Gasteiger partial charge in [0.2, 0.25) is 0 Å². The van der Waals surface area contributed by atoms with Crippen molar-refractivity contribution in [2.45, 2.75) is 12.6 Å². The van der Waals surface area contributed by atoms with Gasteiger partial charge in [-0.05, 0) is 17.7 Å². The van der Waals surface area contributed by atoms with Crippen LogP contribution in [0.5, 0.6) is 11.5 Å². The van der Waals surface area contributed by atoms with Crippen molar-refractivity contribution in [3.63, 3.8) is 0 Å². The van der Waals surface area contributed by atoms with Crippen molar-refractivity contribution in [2.75, 3.05) is 13.7 Å².